The van der Waals surface area contributed by atoms with Gasteiger partial charge in [-0.3, -0.25) is 9.69 Å². The minimum atomic E-state index is -3.69. The number of rotatable bonds is 5. The van der Waals surface area contributed by atoms with Crippen LogP contribution in [-0.4, -0.2) is 50.7 Å². The number of hydrogen-bond acceptors (Lipinski definition) is 4. The molecular formula is C19H22ClN3O3S. The average Bonchev–Trinajstić information content (AvgIpc) is 2.63. The minimum Gasteiger partial charge on any atom is -0.325 e. The summed E-state index contributed by atoms with van der Waals surface area (Å²) < 4.78 is 25.8. The van der Waals surface area contributed by atoms with Gasteiger partial charge in [-0.2, -0.15) is 0 Å². The van der Waals surface area contributed by atoms with Crippen LogP contribution in [0.3, 0.4) is 0 Å². The second kappa shape index (κ2) is 7.98. The number of fused-ring (bicyclic) bond motifs is 1. The van der Waals surface area contributed by atoms with Crippen LogP contribution in [0, 0.1) is 0 Å². The van der Waals surface area contributed by atoms with E-state index in [4.69, 9.17) is 11.6 Å². The second-order valence-corrected chi connectivity index (χ2v) is 9.24. The first kappa shape index (κ1) is 19.8. The smallest absolute Gasteiger partial charge is 0.244 e. The summed E-state index contributed by atoms with van der Waals surface area (Å²) in [4.78, 5) is 14.5. The molecule has 0 atom stereocenters. The van der Waals surface area contributed by atoms with Crippen LogP contribution in [-0.2, 0) is 27.8 Å². The zero-order chi connectivity index (χ0) is 19.6. The number of carbonyl (C=O) groups excluding carboxylic acids is 1. The van der Waals surface area contributed by atoms with Gasteiger partial charge in [0.15, 0.2) is 0 Å². The maximum Gasteiger partial charge on any atom is 0.244 e. The summed E-state index contributed by atoms with van der Waals surface area (Å²) in [6.45, 7) is 1.78. The number of amides is 1. The number of carbonyl (C=O) groups is 1. The maximum atomic E-state index is 12.4. The molecule has 0 spiro atoms. The fourth-order valence-electron chi connectivity index (χ4n) is 3.07. The number of halogens is 1. The SMILES string of the molecule is CN(C)S(=O)(=O)c1cc(NC(=O)CN2CCc3ccccc3C2)ccc1Cl. The summed E-state index contributed by atoms with van der Waals surface area (Å²) in [6.07, 6.45) is 0.912. The monoisotopic (exact) mass is 407 g/mol. The van der Waals surface area contributed by atoms with Gasteiger partial charge in [-0.1, -0.05) is 35.9 Å². The van der Waals surface area contributed by atoms with Crippen LogP contribution in [0.2, 0.25) is 5.02 Å². The van der Waals surface area contributed by atoms with Gasteiger partial charge in [0.1, 0.15) is 4.90 Å². The number of hydrogen-bond donors (Lipinski definition) is 1. The summed E-state index contributed by atoms with van der Waals surface area (Å²) in [7, 11) is -0.816. The summed E-state index contributed by atoms with van der Waals surface area (Å²) in [5.41, 5.74) is 2.97. The quantitative estimate of drug-likeness (QED) is 0.827. The van der Waals surface area contributed by atoms with Crippen LogP contribution < -0.4 is 5.32 Å². The lowest BCUT2D eigenvalue weighted by Gasteiger charge is -2.28. The first-order valence-corrected chi connectivity index (χ1v) is 10.4. The predicted octanol–water partition coefficient (Wildman–Crippen LogP) is 2.59. The molecule has 0 radical (unpaired) electrons. The van der Waals surface area contributed by atoms with E-state index in [0.29, 0.717) is 5.69 Å². The fraction of sp³-hybridized carbons (Fsp3) is 0.316. The lowest BCUT2D eigenvalue weighted by Crippen LogP contribution is -2.37. The lowest BCUT2D eigenvalue weighted by atomic mass is 10.00. The van der Waals surface area contributed by atoms with E-state index in [9.17, 15) is 13.2 Å². The Morgan fingerprint density at radius 1 is 1.19 bits per heavy atom. The van der Waals surface area contributed by atoms with Crippen LogP contribution >= 0.6 is 11.6 Å². The lowest BCUT2D eigenvalue weighted by molar-refractivity contribution is -0.117. The van der Waals surface area contributed by atoms with Crippen molar-refractivity contribution in [1.29, 1.82) is 0 Å². The van der Waals surface area contributed by atoms with E-state index in [2.05, 4.69) is 22.3 Å². The highest BCUT2D eigenvalue weighted by molar-refractivity contribution is 7.89. The molecule has 0 aromatic heterocycles. The fourth-order valence-corrected chi connectivity index (χ4v) is 4.46. The van der Waals surface area contributed by atoms with Crippen molar-refractivity contribution in [1.82, 2.24) is 9.21 Å². The van der Waals surface area contributed by atoms with Gasteiger partial charge in [0.25, 0.3) is 0 Å². The van der Waals surface area contributed by atoms with Crippen molar-refractivity contribution in [2.24, 2.45) is 0 Å². The average molecular weight is 408 g/mol. The maximum absolute atomic E-state index is 12.4. The number of benzene rings is 2. The van der Waals surface area contributed by atoms with Gasteiger partial charge in [-0.25, -0.2) is 12.7 Å². The first-order chi connectivity index (χ1) is 12.8. The molecule has 0 saturated carbocycles. The van der Waals surface area contributed by atoms with Crippen LogP contribution in [0.25, 0.3) is 0 Å². The zero-order valence-electron chi connectivity index (χ0n) is 15.3. The molecule has 2 aromatic rings. The van der Waals surface area contributed by atoms with Crippen molar-refractivity contribution in [3.8, 4) is 0 Å². The van der Waals surface area contributed by atoms with E-state index < -0.39 is 10.0 Å². The Hall–Kier alpha value is -1.93. The van der Waals surface area contributed by atoms with Gasteiger partial charge in [0, 0.05) is 32.9 Å². The van der Waals surface area contributed by atoms with Crippen molar-refractivity contribution in [3.05, 3.63) is 58.6 Å². The second-order valence-electron chi connectivity index (χ2n) is 6.71. The van der Waals surface area contributed by atoms with Crippen LogP contribution in [0.5, 0.6) is 0 Å². The van der Waals surface area contributed by atoms with Gasteiger partial charge in [-0.15, -0.1) is 0 Å². The Labute approximate surface area is 164 Å². The summed E-state index contributed by atoms with van der Waals surface area (Å²) >= 11 is 6.04. The van der Waals surface area contributed by atoms with Crippen molar-refractivity contribution in [3.63, 3.8) is 0 Å². The summed E-state index contributed by atoms with van der Waals surface area (Å²) in [5.74, 6) is -0.190. The molecule has 1 amide bonds. The highest BCUT2D eigenvalue weighted by Gasteiger charge is 2.22. The molecule has 1 aliphatic rings. The molecule has 3 rings (SSSR count). The first-order valence-electron chi connectivity index (χ1n) is 8.58. The number of nitrogens with one attached hydrogen (secondary N) is 1. The van der Waals surface area contributed by atoms with Gasteiger partial charge >= 0.3 is 0 Å². The topological polar surface area (TPSA) is 69.7 Å². The Morgan fingerprint density at radius 3 is 2.59 bits per heavy atom. The largest absolute Gasteiger partial charge is 0.325 e. The number of anilines is 1. The molecule has 144 valence electrons. The van der Waals surface area contributed by atoms with Gasteiger partial charge in [0.05, 0.1) is 11.6 Å². The predicted molar refractivity (Wildman–Crippen MR) is 106 cm³/mol. The highest BCUT2D eigenvalue weighted by Crippen LogP contribution is 2.27. The van der Waals surface area contributed by atoms with Gasteiger partial charge in [-0.05, 0) is 35.7 Å². The molecule has 2 aromatic carbocycles. The molecule has 0 aliphatic carbocycles. The molecule has 6 nitrogen and oxygen atoms in total. The third-order valence-electron chi connectivity index (χ3n) is 4.55. The molecule has 1 heterocycles. The zero-order valence-corrected chi connectivity index (χ0v) is 16.8. The Morgan fingerprint density at radius 2 is 1.89 bits per heavy atom. The van der Waals surface area contributed by atoms with Crippen molar-refractivity contribution in [2.45, 2.75) is 17.9 Å². The molecule has 0 bridgehead atoms. The molecule has 27 heavy (non-hydrogen) atoms. The molecule has 0 fully saturated rings. The Bertz CT molecular complexity index is 960. The van der Waals surface area contributed by atoms with E-state index in [0.717, 1.165) is 23.8 Å². The molecular weight excluding hydrogens is 386 g/mol. The van der Waals surface area contributed by atoms with Crippen molar-refractivity contribution in [2.75, 3.05) is 32.5 Å². The molecule has 1 aliphatic heterocycles. The number of sulfonamides is 1. The minimum absolute atomic E-state index is 0.0288. The molecule has 0 saturated heterocycles. The van der Waals surface area contributed by atoms with Crippen LogP contribution in [0.4, 0.5) is 5.69 Å². The van der Waals surface area contributed by atoms with E-state index in [1.54, 1.807) is 6.07 Å². The third-order valence-corrected chi connectivity index (χ3v) is 6.85. The summed E-state index contributed by atoms with van der Waals surface area (Å²) in [5, 5.41) is 2.89. The molecule has 1 N–H and O–H groups in total. The number of nitrogens with zero attached hydrogens (tertiary/aromatic N) is 2. The van der Waals surface area contributed by atoms with E-state index in [1.807, 2.05) is 12.1 Å². The Kier molecular flexibility index (Phi) is 5.86. The van der Waals surface area contributed by atoms with Crippen molar-refractivity contribution >= 4 is 33.2 Å². The summed E-state index contributed by atoms with van der Waals surface area (Å²) in [6, 6.07) is 12.7. The molecule has 8 heteroatoms. The van der Waals surface area contributed by atoms with Crippen molar-refractivity contribution < 1.29 is 13.2 Å². The highest BCUT2D eigenvalue weighted by atomic mass is 35.5. The van der Waals surface area contributed by atoms with E-state index in [-0.39, 0.29) is 22.4 Å². The standard InChI is InChI=1S/C19H22ClN3O3S/c1-22(2)27(25,26)18-11-16(7-8-17(18)20)21-19(24)13-23-10-9-14-5-3-4-6-15(14)12-23/h3-8,11H,9-10,12-13H2,1-2H3,(H,21,24). The third kappa shape index (κ3) is 4.50. The molecule has 0 unspecified atom stereocenters. The van der Waals surface area contributed by atoms with E-state index in [1.165, 1.54) is 37.4 Å². The normalized spacial score (nSPS) is 14.8. The van der Waals surface area contributed by atoms with Gasteiger partial charge < -0.3 is 5.32 Å². The van der Waals surface area contributed by atoms with Crippen LogP contribution in [0.1, 0.15) is 11.1 Å². The van der Waals surface area contributed by atoms with E-state index >= 15 is 0 Å². The Balaban J connectivity index is 1.68. The van der Waals surface area contributed by atoms with Crippen LogP contribution in [0.15, 0.2) is 47.4 Å². The van der Waals surface area contributed by atoms with Gasteiger partial charge in [0.2, 0.25) is 15.9 Å².